The first-order chi connectivity index (χ1) is 11.9. The quantitative estimate of drug-likeness (QED) is 0.828. The number of para-hydroxylation sites is 1. The molecule has 0 N–H and O–H groups in total. The molecule has 2 heterocycles. The first-order valence-electron chi connectivity index (χ1n) is 8.88. The van der Waals surface area contributed by atoms with Gasteiger partial charge in [-0.1, -0.05) is 23.7 Å². The van der Waals surface area contributed by atoms with Crippen molar-refractivity contribution >= 4 is 23.4 Å². The summed E-state index contributed by atoms with van der Waals surface area (Å²) in [6, 6.07) is 7.25. The highest BCUT2D eigenvalue weighted by atomic mass is 35.5. The molecule has 1 aromatic rings. The number of benzene rings is 1. The second-order valence-corrected chi connectivity index (χ2v) is 7.50. The number of piperidine rings is 2. The van der Waals surface area contributed by atoms with Crippen molar-refractivity contribution in [1.82, 2.24) is 9.80 Å². The molecule has 2 atom stereocenters. The van der Waals surface area contributed by atoms with Crippen molar-refractivity contribution in [2.75, 3.05) is 19.7 Å². The number of carbonyl (C=O) groups excluding carboxylic acids is 2. The number of ether oxygens (including phenoxy) is 1. The Hall–Kier alpha value is -1.75. The fourth-order valence-electron chi connectivity index (χ4n) is 4.31. The number of fused-ring (bicyclic) bond motifs is 1. The fourth-order valence-corrected chi connectivity index (χ4v) is 4.50. The van der Waals surface area contributed by atoms with Crippen molar-refractivity contribution in [3.8, 4) is 5.75 Å². The summed E-state index contributed by atoms with van der Waals surface area (Å²) in [6.07, 6.45) is 3.69. The van der Waals surface area contributed by atoms with E-state index >= 15 is 0 Å². The summed E-state index contributed by atoms with van der Waals surface area (Å²) < 4.78 is 5.65. The summed E-state index contributed by atoms with van der Waals surface area (Å²) in [5, 5.41) is 0.499. The molecule has 0 unspecified atom stereocenters. The molecule has 25 heavy (non-hydrogen) atoms. The fraction of sp³-hybridized carbons (Fsp3) is 0.579. The average Bonchev–Trinajstić information content (AvgIpc) is 2.59. The largest absolute Gasteiger partial charge is 0.482 e. The third-order valence-electron chi connectivity index (χ3n) is 5.55. The molecule has 1 aromatic carbocycles. The maximum Gasteiger partial charge on any atom is 0.261 e. The second-order valence-electron chi connectivity index (χ2n) is 7.10. The third kappa shape index (κ3) is 3.47. The molecular weight excluding hydrogens is 340 g/mol. The molecule has 2 aliphatic rings. The van der Waals surface area contributed by atoms with Gasteiger partial charge < -0.3 is 14.5 Å². The van der Waals surface area contributed by atoms with Gasteiger partial charge in [-0.15, -0.1) is 0 Å². The van der Waals surface area contributed by atoms with Gasteiger partial charge in [0.05, 0.1) is 16.6 Å². The van der Waals surface area contributed by atoms with Gasteiger partial charge >= 0.3 is 0 Å². The van der Waals surface area contributed by atoms with Crippen LogP contribution in [0.3, 0.4) is 0 Å². The molecule has 136 valence electrons. The molecule has 2 aliphatic heterocycles. The number of halogens is 1. The maximum atomic E-state index is 12.9. The van der Waals surface area contributed by atoms with Gasteiger partial charge in [0.25, 0.3) is 5.91 Å². The van der Waals surface area contributed by atoms with Crippen molar-refractivity contribution < 1.29 is 14.3 Å². The summed E-state index contributed by atoms with van der Waals surface area (Å²) in [4.78, 5) is 28.7. The van der Waals surface area contributed by atoms with Gasteiger partial charge in [0.2, 0.25) is 5.91 Å². The van der Waals surface area contributed by atoms with Crippen LogP contribution in [-0.2, 0) is 9.59 Å². The van der Waals surface area contributed by atoms with Crippen LogP contribution < -0.4 is 4.74 Å². The predicted octanol–water partition coefficient (Wildman–Crippen LogP) is 3.11. The van der Waals surface area contributed by atoms with Crippen LogP contribution in [0.4, 0.5) is 0 Å². The minimum absolute atomic E-state index is 0.0356. The molecule has 6 heteroatoms. The lowest BCUT2D eigenvalue weighted by Crippen LogP contribution is -2.68. The second kappa shape index (κ2) is 7.24. The zero-order valence-electron chi connectivity index (χ0n) is 14.8. The Labute approximate surface area is 153 Å². The Morgan fingerprint density at radius 3 is 2.76 bits per heavy atom. The summed E-state index contributed by atoms with van der Waals surface area (Å²) >= 11 is 6.09. The van der Waals surface area contributed by atoms with E-state index in [0.717, 1.165) is 32.2 Å². The van der Waals surface area contributed by atoms with Crippen LogP contribution in [0, 0.1) is 0 Å². The summed E-state index contributed by atoms with van der Waals surface area (Å²) in [5.74, 6) is 0.570. The summed E-state index contributed by atoms with van der Waals surface area (Å²) in [6.45, 7) is 5.19. The molecular formula is C19H25ClN2O3. The van der Waals surface area contributed by atoms with E-state index in [0.29, 0.717) is 17.3 Å². The van der Waals surface area contributed by atoms with Gasteiger partial charge in [-0.2, -0.15) is 0 Å². The van der Waals surface area contributed by atoms with Crippen LogP contribution in [0.5, 0.6) is 5.75 Å². The highest BCUT2D eigenvalue weighted by Gasteiger charge is 2.49. The highest BCUT2D eigenvalue weighted by molar-refractivity contribution is 6.32. The summed E-state index contributed by atoms with van der Waals surface area (Å²) in [7, 11) is 0. The Bertz CT molecular complexity index is 666. The lowest BCUT2D eigenvalue weighted by molar-refractivity contribution is -0.156. The number of carbonyl (C=O) groups is 2. The maximum absolute atomic E-state index is 12.9. The van der Waals surface area contributed by atoms with Crippen molar-refractivity contribution in [1.29, 1.82) is 0 Å². The Morgan fingerprint density at radius 2 is 2.04 bits per heavy atom. The van der Waals surface area contributed by atoms with Crippen molar-refractivity contribution in [3.05, 3.63) is 29.3 Å². The summed E-state index contributed by atoms with van der Waals surface area (Å²) in [5.41, 5.74) is -0.316. The van der Waals surface area contributed by atoms with E-state index in [2.05, 4.69) is 6.92 Å². The number of amides is 2. The number of hydrogen-bond donors (Lipinski definition) is 0. The first-order valence-corrected chi connectivity index (χ1v) is 9.26. The van der Waals surface area contributed by atoms with Crippen molar-refractivity contribution in [3.63, 3.8) is 0 Å². The van der Waals surface area contributed by atoms with E-state index < -0.39 is 0 Å². The molecule has 5 nitrogen and oxygen atoms in total. The molecule has 2 saturated heterocycles. The van der Waals surface area contributed by atoms with E-state index in [9.17, 15) is 9.59 Å². The minimum atomic E-state index is -0.316. The Kier molecular flexibility index (Phi) is 5.23. The SMILES string of the molecule is CC(=O)N1CCC[C@@]2(C)[C@@H]1CCCN2C(=O)COc1ccccc1Cl. The Morgan fingerprint density at radius 1 is 1.28 bits per heavy atom. The average molecular weight is 365 g/mol. The lowest BCUT2D eigenvalue weighted by Gasteiger charge is -2.56. The predicted molar refractivity (Wildman–Crippen MR) is 96.7 cm³/mol. The smallest absolute Gasteiger partial charge is 0.261 e. The van der Waals surface area contributed by atoms with Crippen LogP contribution in [-0.4, -0.2) is 52.9 Å². The number of hydrogen-bond acceptors (Lipinski definition) is 3. The van der Waals surface area contributed by atoms with E-state index in [4.69, 9.17) is 16.3 Å². The molecule has 2 fully saturated rings. The zero-order valence-corrected chi connectivity index (χ0v) is 15.6. The normalized spacial score (nSPS) is 26.1. The van der Waals surface area contributed by atoms with Crippen LogP contribution in [0.2, 0.25) is 5.02 Å². The van der Waals surface area contributed by atoms with Crippen LogP contribution in [0.1, 0.15) is 39.5 Å². The van der Waals surface area contributed by atoms with E-state index in [-0.39, 0.29) is 30.0 Å². The van der Waals surface area contributed by atoms with Crippen molar-refractivity contribution in [2.45, 2.75) is 51.1 Å². The molecule has 0 aromatic heterocycles. The number of likely N-dealkylation sites (tertiary alicyclic amines) is 2. The monoisotopic (exact) mass is 364 g/mol. The standard InChI is InChI=1S/C19H25ClN2O3/c1-14(23)21-11-6-10-19(2)17(21)9-5-12-22(19)18(24)13-25-16-8-4-3-7-15(16)20/h3-4,7-8,17H,5-6,9-13H2,1-2H3/t17-,19-/m0/s1. The van der Waals surface area contributed by atoms with Gasteiger partial charge in [0, 0.05) is 20.0 Å². The van der Waals surface area contributed by atoms with E-state index in [1.165, 1.54) is 0 Å². The van der Waals surface area contributed by atoms with Gasteiger partial charge in [-0.3, -0.25) is 9.59 Å². The first kappa shape index (κ1) is 18.1. The number of nitrogens with zero attached hydrogens (tertiary/aromatic N) is 2. The van der Waals surface area contributed by atoms with E-state index in [1.54, 1.807) is 19.1 Å². The van der Waals surface area contributed by atoms with Crippen LogP contribution in [0.15, 0.2) is 24.3 Å². The molecule has 2 amide bonds. The minimum Gasteiger partial charge on any atom is -0.482 e. The van der Waals surface area contributed by atoms with Gasteiger partial charge in [-0.05, 0) is 44.7 Å². The molecule has 0 spiro atoms. The molecule has 0 aliphatic carbocycles. The van der Waals surface area contributed by atoms with Crippen molar-refractivity contribution in [2.24, 2.45) is 0 Å². The van der Waals surface area contributed by atoms with Gasteiger partial charge in [0.15, 0.2) is 6.61 Å². The number of rotatable bonds is 3. The van der Waals surface area contributed by atoms with Crippen LogP contribution >= 0.6 is 11.6 Å². The van der Waals surface area contributed by atoms with Crippen LogP contribution in [0.25, 0.3) is 0 Å². The highest BCUT2D eigenvalue weighted by Crippen LogP contribution is 2.39. The molecule has 0 saturated carbocycles. The zero-order chi connectivity index (χ0) is 18.0. The lowest BCUT2D eigenvalue weighted by atomic mass is 9.76. The molecule has 0 bridgehead atoms. The molecule has 3 rings (SSSR count). The topological polar surface area (TPSA) is 49.9 Å². The van der Waals surface area contributed by atoms with Gasteiger partial charge in [0.1, 0.15) is 5.75 Å². The molecule has 0 radical (unpaired) electrons. The Balaban J connectivity index is 1.73. The third-order valence-corrected chi connectivity index (χ3v) is 5.86. The van der Waals surface area contributed by atoms with Gasteiger partial charge in [-0.25, -0.2) is 0 Å². The van der Waals surface area contributed by atoms with E-state index in [1.807, 2.05) is 21.9 Å².